The van der Waals surface area contributed by atoms with E-state index in [0.29, 0.717) is 17.9 Å². The Morgan fingerprint density at radius 3 is 2.52 bits per heavy atom. The minimum Gasteiger partial charge on any atom is -0.382 e. The van der Waals surface area contributed by atoms with Crippen LogP contribution in [0.3, 0.4) is 0 Å². The Morgan fingerprint density at radius 1 is 1.05 bits per heavy atom. The van der Waals surface area contributed by atoms with E-state index in [1.54, 1.807) is 0 Å². The van der Waals surface area contributed by atoms with Crippen molar-refractivity contribution >= 4 is 5.69 Å². The van der Waals surface area contributed by atoms with Gasteiger partial charge in [-0.3, -0.25) is 0 Å². The molecule has 2 aliphatic rings. The molecule has 0 aromatic heterocycles. The fourth-order valence-electron chi connectivity index (χ4n) is 3.89. The molecule has 3 unspecified atom stereocenters. The van der Waals surface area contributed by atoms with Gasteiger partial charge in [0.05, 0.1) is 0 Å². The summed E-state index contributed by atoms with van der Waals surface area (Å²) < 4.78 is 0. The highest BCUT2D eigenvalue weighted by Crippen LogP contribution is 2.33. The van der Waals surface area contributed by atoms with E-state index in [4.69, 9.17) is 0 Å². The molecule has 0 saturated carbocycles. The fourth-order valence-corrected chi connectivity index (χ4v) is 3.89. The summed E-state index contributed by atoms with van der Waals surface area (Å²) in [5.41, 5.74) is 4.32. The van der Waals surface area contributed by atoms with Gasteiger partial charge >= 0.3 is 0 Å². The van der Waals surface area contributed by atoms with Gasteiger partial charge in [-0.2, -0.15) is 0 Å². The van der Waals surface area contributed by atoms with Crippen molar-refractivity contribution in [2.24, 2.45) is 5.92 Å². The molecule has 2 nitrogen and oxygen atoms in total. The van der Waals surface area contributed by atoms with Crippen molar-refractivity contribution in [3.05, 3.63) is 29.3 Å². The molecular weight excluding hydrogens is 256 g/mol. The molecule has 2 heterocycles. The maximum absolute atomic E-state index is 3.90. The highest BCUT2D eigenvalue weighted by molar-refractivity contribution is 5.55. The summed E-state index contributed by atoms with van der Waals surface area (Å²) in [5.74, 6) is 2.04. The van der Waals surface area contributed by atoms with Gasteiger partial charge in [-0.15, -0.1) is 0 Å². The van der Waals surface area contributed by atoms with Crippen LogP contribution in [-0.2, 0) is 0 Å². The van der Waals surface area contributed by atoms with Crippen LogP contribution in [-0.4, -0.2) is 30.6 Å². The van der Waals surface area contributed by atoms with Crippen LogP contribution >= 0.6 is 0 Å². The van der Waals surface area contributed by atoms with E-state index >= 15 is 0 Å². The standard InChI is InChI=1S/C19H30N2/c1-13(2)15-5-6-19(17(11-15)14(3)4)20-18-8-10-21-9-7-16(18)12-21/h5-6,11,13-14,16,18,20H,7-10,12H2,1-4H3. The van der Waals surface area contributed by atoms with Crippen molar-refractivity contribution in [2.75, 3.05) is 25.0 Å². The molecular formula is C19H30N2. The molecule has 2 heteroatoms. The number of rotatable bonds is 4. The average molecular weight is 286 g/mol. The van der Waals surface area contributed by atoms with E-state index in [9.17, 15) is 0 Å². The highest BCUT2D eigenvalue weighted by atomic mass is 15.2. The van der Waals surface area contributed by atoms with Crippen molar-refractivity contribution < 1.29 is 0 Å². The molecule has 1 aromatic carbocycles. The summed E-state index contributed by atoms with van der Waals surface area (Å²) in [6, 6.07) is 7.72. The summed E-state index contributed by atoms with van der Waals surface area (Å²) in [5, 5.41) is 3.90. The Labute approximate surface area is 129 Å². The number of hydrogen-bond donors (Lipinski definition) is 1. The lowest BCUT2D eigenvalue weighted by molar-refractivity contribution is 0.255. The van der Waals surface area contributed by atoms with Crippen molar-refractivity contribution in [3.63, 3.8) is 0 Å². The van der Waals surface area contributed by atoms with Crippen LogP contribution in [0.15, 0.2) is 18.2 Å². The lowest BCUT2D eigenvalue weighted by Crippen LogP contribution is -2.39. The van der Waals surface area contributed by atoms with Gasteiger partial charge < -0.3 is 10.2 Å². The number of fused-ring (bicyclic) bond motifs is 2. The second-order valence-electron chi connectivity index (χ2n) is 7.54. The van der Waals surface area contributed by atoms with Gasteiger partial charge in [-0.05, 0) is 54.3 Å². The minimum absolute atomic E-state index is 0.579. The predicted molar refractivity (Wildman–Crippen MR) is 91.2 cm³/mol. The smallest absolute Gasteiger partial charge is 0.0377 e. The number of piperidine rings is 1. The molecule has 2 bridgehead atoms. The van der Waals surface area contributed by atoms with Crippen LogP contribution in [0.4, 0.5) is 5.69 Å². The van der Waals surface area contributed by atoms with Gasteiger partial charge in [-0.25, -0.2) is 0 Å². The van der Waals surface area contributed by atoms with Crippen molar-refractivity contribution in [1.29, 1.82) is 0 Å². The van der Waals surface area contributed by atoms with Crippen LogP contribution < -0.4 is 5.32 Å². The Balaban J connectivity index is 1.81. The Morgan fingerprint density at radius 2 is 1.81 bits per heavy atom. The molecule has 2 fully saturated rings. The fraction of sp³-hybridized carbons (Fsp3) is 0.684. The first-order valence-electron chi connectivity index (χ1n) is 8.67. The van der Waals surface area contributed by atoms with Gasteiger partial charge in [0.15, 0.2) is 0 Å². The summed E-state index contributed by atoms with van der Waals surface area (Å²) >= 11 is 0. The van der Waals surface area contributed by atoms with Gasteiger partial charge in [0.1, 0.15) is 0 Å². The number of anilines is 1. The lowest BCUT2D eigenvalue weighted by Gasteiger charge is -2.32. The van der Waals surface area contributed by atoms with Crippen LogP contribution in [0.25, 0.3) is 0 Å². The number of hydrogen-bond acceptors (Lipinski definition) is 2. The molecule has 2 saturated heterocycles. The molecule has 0 spiro atoms. The van der Waals surface area contributed by atoms with Crippen molar-refractivity contribution in [2.45, 2.75) is 58.4 Å². The minimum atomic E-state index is 0.579. The van der Waals surface area contributed by atoms with Gasteiger partial charge in [0, 0.05) is 24.8 Å². The first-order chi connectivity index (χ1) is 10.0. The van der Waals surface area contributed by atoms with Crippen LogP contribution in [0.1, 0.15) is 63.5 Å². The summed E-state index contributed by atoms with van der Waals surface area (Å²) in [7, 11) is 0. The molecule has 0 aliphatic carbocycles. The third kappa shape index (κ3) is 3.11. The largest absolute Gasteiger partial charge is 0.382 e. The zero-order valence-corrected chi connectivity index (χ0v) is 14.0. The van der Waals surface area contributed by atoms with E-state index < -0.39 is 0 Å². The van der Waals surface area contributed by atoms with Gasteiger partial charge in [-0.1, -0.05) is 39.8 Å². The van der Waals surface area contributed by atoms with E-state index in [-0.39, 0.29) is 0 Å². The Kier molecular flexibility index (Phi) is 4.26. The zero-order valence-electron chi connectivity index (χ0n) is 14.0. The van der Waals surface area contributed by atoms with Gasteiger partial charge in [0.25, 0.3) is 0 Å². The van der Waals surface area contributed by atoms with Crippen LogP contribution in [0, 0.1) is 5.92 Å². The average Bonchev–Trinajstić information content (AvgIpc) is 2.84. The first kappa shape index (κ1) is 14.9. The van der Waals surface area contributed by atoms with Crippen LogP contribution in [0.5, 0.6) is 0 Å². The predicted octanol–water partition coefficient (Wildman–Crippen LogP) is 4.44. The van der Waals surface area contributed by atoms with Gasteiger partial charge in [0.2, 0.25) is 0 Å². The van der Waals surface area contributed by atoms with E-state index in [1.165, 1.54) is 49.3 Å². The maximum Gasteiger partial charge on any atom is 0.0377 e. The topological polar surface area (TPSA) is 15.3 Å². The maximum atomic E-state index is 3.90. The second kappa shape index (κ2) is 6.00. The number of nitrogens with zero attached hydrogens (tertiary/aromatic N) is 1. The molecule has 3 rings (SSSR count). The number of nitrogens with one attached hydrogen (secondary N) is 1. The highest BCUT2D eigenvalue weighted by Gasteiger charge is 2.34. The quantitative estimate of drug-likeness (QED) is 0.880. The molecule has 116 valence electrons. The molecule has 2 aliphatic heterocycles. The Bertz CT molecular complexity index is 492. The molecule has 0 radical (unpaired) electrons. The molecule has 21 heavy (non-hydrogen) atoms. The third-order valence-electron chi connectivity index (χ3n) is 5.34. The zero-order chi connectivity index (χ0) is 15.0. The molecule has 3 atom stereocenters. The monoisotopic (exact) mass is 286 g/mol. The number of benzene rings is 1. The first-order valence-corrected chi connectivity index (χ1v) is 8.67. The SMILES string of the molecule is CC(C)c1ccc(NC2CCN3CCC2C3)c(C(C)C)c1. The van der Waals surface area contributed by atoms with E-state index in [2.05, 4.69) is 56.1 Å². The normalized spacial score (nSPS) is 28.4. The van der Waals surface area contributed by atoms with Crippen molar-refractivity contribution in [3.8, 4) is 0 Å². The third-order valence-corrected chi connectivity index (χ3v) is 5.34. The molecule has 1 N–H and O–H groups in total. The van der Waals surface area contributed by atoms with E-state index in [0.717, 1.165) is 5.92 Å². The Hall–Kier alpha value is -1.02. The summed E-state index contributed by atoms with van der Waals surface area (Å²) in [6.45, 7) is 13.1. The lowest BCUT2D eigenvalue weighted by atomic mass is 9.91. The molecule has 0 amide bonds. The summed E-state index contributed by atoms with van der Waals surface area (Å²) in [4.78, 5) is 2.62. The summed E-state index contributed by atoms with van der Waals surface area (Å²) in [6.07, 6.45) is 2.67. The van der Waals surface area contributed by atoms with E-state index in [1.807, 2.05) is 0 Å². The van der Waals surface area contributed by atoms with Crippen molar-refractivity contribution in [1.82, 2.24) is 4.90 Å². The molecule has 1 aromatic rings. The van der Waals surface area contributed by atoms with Crippen LogP contribution in [0.2, 0.25) is 0 Å². The second-order valence-corrected chi connectivity index (χ2v) is 7.54.